The Bertz CT molecular complexity index is 844. The van der Waals surface area contributed by atoms with Crippen molar-refractivity contribution in [1.29, 1.82) is 0 Å². The van der Waals surface area contributed by atoms with Crippen LogP contribution in [0.3, 0.4) is 0 Å². The predicted molar refractivity (Wildman–Crippen MR) is 105 cm³/mol. The molecule has 0 atom stereocenters. The largest absolute Gasteiger partial charge is 0.337 e. The molecular formula is C21H21ClN2O2. The topological polar surface area (TPSA) is 40.6 Å². The Balaban J connectivity index is 2.18. The smallest absolute Gasteiger partial charge is 0.278 e. The molecule has 0 aromatic heterocycles. The van der Waals surface area contributed by atoms with Gasteiger partial charge in [0.25, 0.3) is 11.8 Å². The standard InChI is InChI=1S/C21H21ClN2O2/c1-3-14-24-20(25)18(15-10-12-16(22)13-11-15)19(21(24)26)23(4-2)17-8-6-5-7-9-17/h5-13H,3-4,14H2,1-2H3. The van der Waals surface area contributed by atoms with E-state index in [-0.39, 0.29) is 11.8 Å². The Morgan fingerprint density at radius 3 is 2.15 bits per heavy atom. The highest BCUT2D eigenvalue weighted by molar-refractivity contribution is 6.37. The molecule has 0 saturated carbocycles. The van der Waals surface area contributed by atoms with Crippen LogP contribution in [0.2, 0.25) is 5.02 Å². The summed E-state index contributed by atoms with van der Waals surface area (Å²) in [5.41, 5.74) is 2.46. The summed E-state index contributed by atoms with van der Waals surface area (Å²) >= 11 is 6.00. The maximum Gasteiger partial charge on any atom is 0.278 e. The minimum absolute atomic E-state index is 0.243. The van der Waals surface area contributed by atoms with Crippen molar-refractivity contribution < 1.29 is 9.59 Å². The van der Waals surface area contributed by atoms with Crippen molar-refractivity contribution in [2.45, 2.75) is 20.3 Å². The Kier molecular flexibility index (Phi) is 5.43. The van der Waals surface area contributed by atoms with E-state index in [0.717, 1.165) is 12.1 Å². The van der Waals surface area contributed by atoms with E-state index in [1.165, 1.54) is 4.90 Å². The second kappa shape index (κ2) is 7.75. The van der Waals surface area contributed by atoms with Crippen LogP contribution in [0.5, 0.6) is 0 Å². The molecule has 0 unspecified atom stereocenters. The van der Waals surface area contributed by atoms with E-state index < -0.39 is 0 Å². The average Bonchev–Trinajstić information content (AvgIpc) is 2.89. The van der Waals surface area contributed by atoms with Gasteiger partial charge in [-0.25, -0.2) is 0 Å². The number of halogens is 1. The van der Waals surface area contributed by atoms with Crippen LogP contribution in [0.15, 0.2) is 60.3 Å². The molecular weight excluding hydrogens is 348 g/mol. The SMILES string of the molecule is CCCN1C(=O)C(c2ccc(Cl)cc2)=C(N(CC)c2ccccc2)C1=O. The fourth-order valence-electron chi connectivity index (χ4n) is 3.19. The summed E-state index contributed by atoms with van der Waals surface area (Å²) in [6, 6.07) is 16.7. The molecule has 3 rings (SSSR count). The van der Waals surface area contributed by atoms with E-state index >= 15 is 0 Å². The lowest BCUT2D eigenvalue weighted by atomic mass is 10.0. The maximum atomic E-state index is 13.1. The van der Waals surface area contributed by atoms with Gasteiger partial charge in [-0.2, -0.15) is 0 Å². The number of hydrogen-bond donors (Lipinski definition) is 0. The van der Waals surface area contributed by atoms with Crippen LogP contribution in [0.4, 0.5) is 5.69 Å². The summed E-state index contributed by atoms with van der Waals surface area (Å²) in [6.07, 6.45) is 0.718. The molecule has 1 aliphatic heterocycles. The van der Waals surface area contributed by atoms with Crippen LogP contribution < -0.4 is 4.90 Å². The monoisotopic (exact) mass is 368 g/mol. The van der Waals surface area contributed by atoms with E-state index in [9.17, 15) is 9.59 Å². The van der Waals surface area contributed by atoms with Crippen LogP contribution in [-0.2, 0) is 9.59 Å². The van der Waals surface area contributed by atoms with Crippen molar-refractivity contribution in [2.24, 2.45) is 0 Å². The van der Waals surface area contributed by atoms with E-state index in [1.807, 2.05) is 49.1 Å². The fourth-order valence-corrected chi connectivity index (χ4v) is 3.32. The lowest BCUT2D eigenvalue weighted by Gasteiger charge is -2.24. The Morgan fingerprint density at radius 2 is 1.58 bits per heavy atom. The summed E-state index contributed by atoms with van der Waals surface area (Å²) in [5.74, 6) is -0.490. The summed E-state index contributed by atoms with van der Waals surface area (Å²) in [7, 11) is 0. The lowest BCUT2D eigenvalue weighted by Crippen LogP contribution is -2.35. The molecule has 0 saturated heterocycles. The number of para-hydroxylation sites is 1. The summed E-state index contributed by atoms with van der Waals surface area (Å²) in [5, 5.41) is 0.591. The highest BCUT2D eigenvalue weighted by Gasteiger charge is 2.41. The molecule has 134 valence electrons. The number of anilines is 1. The first kappa shape index (κ1) is 18.2. The Labute approximate surface area is 158 Å². The van der Waals surface area contributed by atoms with Gasteiger partial charge in [-0.3, -0.25) is 14.5 Å². The lowest BCUT2D eigenvalue weighted by molar-refractivity contribution is -0.136. The van der Waals surface area contributed by atoms with Crippen molar-refractivity contribution >= 4 is 34.7 Å². The van der Waals surface area contributed by atoms with Crippen LogP contribution >= 0.6 is 11.6 Å². The third kappa shape index (κ3) is 3.25. The van der Waals surface area contributed by atoms with Gasteiger partial charge in [0.2, 0.25) is 0 Å². The molecule has 1 aliphatic rings. The first-order chi connectivity index (χ1) is 12.6. The minimum Gasteiger partial charge on any atom is -0.337 e. The van der Waals surface area contributed by atoms with Gasteiger partial charge in [0.05, 0.1) is 5.57 Å². The third-order valence-corrected chi connectivity index (χ3v) is 4.63. The molecule has 0 aliphatic carbocycles. The molecule has 0 bridgehead atoms. The van der Waals surface area contributed by atoms with Gasteiger partial charge < -0.3 is 4.90 Å². The van der Waals surface area contributed by atoms with Crippen molar-refractivity contribution in [3.05, 3.63) is 70.9 Å². The first-order valence-electron chi connectivity index (χ1n) is 8.77. The zero-order chi connectivity index (χ0) is 18.7. The fraction of sp³-hybridized carbons (Fsp3) is 0.238. The number of carbonyl (C=O) groups is 2. The van der Waals surface area contributed by atoms with E-state index in [4.69, 9.17) is 11.6 Å². The van der Waals surface area contributed by atoms with E-state index in [1.54, 1.807) is 24.3 Å². The number of imide groups is 1. The zero-order valence-electron chi connectivity index (χ0n) is 14.9. The van der Waals surface area contributed by atoms with Crippen molar-refractivity contribution in [3.8, 4) is 0 Å². The normalized spacial score (nSPS) is 14.3. The van der Waals surface area contributed by atoms with E-state index in [2.05, 4.69) is 0 Å². The number of rotatable bonds is 6. The Hall–Kier alpha value is -2.59. The summed E-state index contributed by atoms with van der Waals surface area (Å²) < 4.78 is 0. The molecule has 0 N–H and O–H groups in total. The molecule has 2 aromatic carbocycles. The number of benzene rings is 2. The molecule has 0 fully saturated rings. The number of nitrogens with zero attached hydrogens (tertiary/aromatic N) is 2. The van der Waals surface area contributed by atoms with Crippen molar-refractivity contribution in [1.82, 2.24) is 4.90 Å². The van der Waals surface area contributed by atoms with Gasteiger partial charge in [0, 0.05) is 23.8 Å². The molecule has 4 nitrogen and oxygen atoms in total. The quantitative estimate of drug-likeness (QED) is 0.711. The molecule has 2 aromatic rings. The van der Waals surface area contributed by atoms with Crippen molar-refractivity contribution in [3.63, 3.8) is 0 Å². The second-order valence-corrected chi connectivity index (χ2v) is 6.51. The van der Waals surface area contributed by atoms with Crippen LogP contribution in [0.25, 0.3) is 5.57 Å². The maximum absolute atomic E-state index is 13.1. The predicted octanol–water partition coefficient (Wildman–Crippen LogP) is 4.36. The highest BCUT2D eigenvalue weighted by Crippen LogP contribution is 2.34. The number of hydrogen-bond acceptors (Lipinski definition) is 3. The van der Waals surface area contributed by atoms with Crippen LogP contribution in [-0.4, -0.2) is 29.8 Å². The zero-order valence-corrected chi connectivity index (χ0v) is 15.7. The number of likely N-dealkylation sites (N-methyl/N-ethyl adjacent to an activating group) is 1. The van der Waals surface area contributed by atoms with E-state index in [0.29, 0.717) is 34.9 Å². The first-order valence-corrected chi connectivity index (χ1v) is 9.15. The average molecular weight is 369 g/mol. The molecule has 26 heavy (non-hydrogen) atoms. The highest BCUT2D eigenvalue weighted by atomic mass is 35.5. The van der Waals surface area contributed by atoms with Crippen molar-refractivity contribution in [2.75, 3.05) is 18.0 Å². The number of amides is 2. The summed E-state index contributed by atoms with van der Waals surface area (Å²) in [6.45, 7) is 4.91. The van der Waals surface area contributed by atoms with Crippen LogP contribution in [0.1, 0.15) is 25.8 Å². The molecule has 5 heteroatoms. The minimum atomic E-state index is -0.247. The van der Waals surface area contributed by atoms with Gasteiger partial charge in [-0.1, -0.05) is 48.9 Å². The summed E-state index contributed by atoms with van der Waals surface area (Å²) in [4.78, 5) is 29.4. The van der Waals surface area contributed by atoms with Gasteiger partial charge in [-0.05, 0) is 43.2 Å². The molecule has 2 amide bonds. The van der Waals surface area contributed by atoms with Gasteiger partial charge in [0.1, 0.15) is 5.70 Å². The van der Waals surface area contributed by atoms with Gasteiger partial charge in [-0.15, -0.1) is 0 Å². The molecule has 0 spiro atoms. The van der Waals surface area contributed by atoms with Gasteiger partial charge >= 0.3 is 0 Å². The number of carbonyl (C=O) groups excluding carboxylic acids is 2. The van der Waals surface area contributed by atoms with Crippen LogP contribution in [0, 0.1) is 0 Å². The third-order valence-electron chi connectivity index (χ3n) is 4.38. The molecule has 1 heterocycles. The molecule has 0 radical (unpaired) electrons. The Morgan fingerprint density at radius 1 is 0.923 bits per heavy atom. The second-order valence-electron chi connectivity index (χ2n) is 6.07. The van der Waals surface area contributed by atoms with Gasteiger partial charge in [0.15, 0.2) is 0 Å².